The molecule has 0 radical (unpaired) electrons. The monoisotopic (exact) mass is 239 g/mol. The molecule has 0 unspecified atom stereocenters. The van der Waals surface area contributed by atoms with Crippen LogP contribution in [0.15, 0.2) is 48.5 Å². The van der Waals surface area contributed by atoms with Crippen LogP contribution in [0.1, 0.15) is 10.4 Å². The van der Waals surface area contributed by atoms with Gasteiger partial charge in [0.1, 0.15) is 5.75 Å². The van der Waals surface area contributed by atoms with Gasteiger partial charge in [-0.1, -0.05) is 18.2 Å². The molecule has 88 valence electrons. The highest BCUT2D eigenvalue weighted by molar-refractivity contribution is 6.53. The van der Waals surface area contributed by atoms with Crippen LogP contribution in [0.5, 0.6) is 5.75 Å². The summed E-state index contributed by atoms with van der Waals surface area (Å²) in [5.74, 6) is -1.12. The smallest absolute Gasteiger partial charge is 0.304 e. The van der Waals surface area contributed by atoms with Crippen molar-refractivity contribution < 1.29 is 14.7 Å². The molecule has 0 fully saturated rings. The van der Waals surface area contributed by atoms with Crippen LogP contribution in [0.4, 0.5) is 11.4 Å². The van der Waals surface area contributed by atoms with Gasteiger partial charge in [0.15, 0.2) is 0 Å². The molecule has 0 aromatic heterocycles. The first kappa shape index (κ1) is 10.5. The van der Waals surface area contributed by atoms with Crippen molar-refractivity contribution in [3.05, 3.63) is 54.1 Å². The third kappa shape index (κ3) is 1.39. The summed E-state index contributed by atoms with van der Waals surface area (Å²) in [5, 5.41) is 9.48. The van der Waals surface area contributed by atoms with E-state index in [1.807, 2.05) is 6.07 Å². The van der Waals surface area contributed by atoms with Gasteiger partial charge in [0.2, 0.25) is 0 Å². The number of anilines is 2. The summed E-state index contributed by atoms with van der Waals surface area (Å²) in [6.45, 7) is 0. The molecular formula is C14H9NO3. The molecule has 2 aromatic carbocycles. The number of para-hydroxylation sites is 1. The second-order valence-corrected chi connectivity index (χ2v) is 4.01. The van der Waals surface area contributed by atoms with Gasteiger partial charge in [-0.05, 0) is 24.3 Å². The molecule has 4 nitrogen and oxygen atoms in total. The summed E-state index contributed by atoms with van der Waals surface area (Å²) < 4.78 is 0. The predicted molar refractivity (Wildman–Crippen MR) is 66.0 cm³/mol. The van der Waals surface area contributed by atoms with E-state index in [2.05, 4.69) is 0 Å². The van der Waals surface area contributed by atoms with Crippen molar-refractivity contribution in [2.24, 2.45) is 0 Å². The number of amides is 1. The van der Waals surface area contributed by atoms with Crippen LogP contribution < -0.4 is 4.90 Å². The van der Waals surface area contributed by atoms with E-state index < -0.39 is 11.7 Å². The third-order valence-electron chi connectivity index (χ3n) is 2.88. The predicted octanol–water partition coefficient (Wildman–Crippen LogP) is 2.25. The van der Waals surface area contributed by atoms with E-state index in [0.29, 0.717) is 16.9 Å². The number of fused-ring (bicyclic) bond motifs is 1. The minimum atomic E-state index is -0.596. The fraction of sp³-hybridized carbons (Fsp3) is 0. The summed E-state index contributed by atoms with van der Waals surface area (Å²) >= 11 is 0. The Balaban J connectivity index is 2.21. The van der Waals surface area contributed by atoms with Gasteiger partial charge in [-0.3, -0.25) is 14.5 Å². The van der Waals surface area contributed by atoms with Gasteiger partial charge in [0.25, 0.3) is 5.78 Å². The Morgan fingerprint density at radius 1 is 0.944 bits per heavy atom. The van der Waals surface area contributed by atoms with Crippen LogP contribution in [0.3, 0.4) is 0 Å². The first-order valence-electron chi connectivity index (χ1n) is 5.45. The van der Waals surface area contributed by atoms with E-state index in [1.165, 1.54) is 23.1 Å². The molecule has 2 aromatic rings. The highest BCUT2D eigenvalue weighted by Crippen LogP contribution is 2.37. The van der Waals surface area contributed by atoms with Gasteiger partial charge >= 0.3 is 5.91 Å². The normalized spacial score (nSPS) is 13.9. The van der Waals surface area contributed by atoms with Gasteiger partial charge in [0.05, 0.1) is 11.3 Å². The lowest BCUT2D eigenvalue weighted by Crippen LogP contribution is -2.24. The maximum atomic E-state index is 12.0. The summed E-state index contributed by atoms with van der Waals surface area (Å²) in [4.78, 5) is 25.1. The standard InChI is InChI=1S/C14H9NO3/c16-10-6-7-11-12(8-10)15(14(18)13(11)17)9-4-2-1-3-5-9/h1-8,16H. The van der Waals surface area contributed by atoms with Gasteiger partial charge in [-0.15, -0.1) is 0 Å². The maximum Gasteiger partial charge on any atom is 0.304 e. The molecule has 18 heavy (non-hydrogen) atoms. The van der Waals surface area contributed by atoms with Crippen LogP contribution in [-0.4, -0.2) is 16.8 Å². The molecule has 1 amide bonds. The largest absolute Gasteiger partial charge is 0.508 e. The number of aromatic hydroxyl groups is 1. The number of carbonyl (C=O) groups is 2. The van der Waals surface area contributed by atoms with Crippen molar-refractivity contribution in [2.75, 3.05) is 4.90 Å². The molecule has 1 heterocycles. The second-order valence-electron chi connectivity index (χ2n) is 4.01. The SMILES string of the molecule is O=C1C(=O)N(c2ccccc2)c2cc(O)ccc21. The lowest BCUT2D eigenvalue weighted by Gasteiger charge is -2.16. The first-order chi connectivity index (χ1) is 8.68. The number of ketones is 1. The van der Waals surface area contributed by atoms with Crippen LogP contribution in [0.2, 0.25) is 0 Å². The van der Waals surface area contributed by atoms with Gasteiger partial charge < -0.3 is 5.11 Å². The van der Waals surface area contributed by atoms with Crippen LogP contribution in [0.25, 0.3) is 0 Å². The third-order valence-corrected chi connectivity index (χ3v) is 2.88. The molecule has 0 saturated heterocycles. The lowest BCUT2D eigenvalue weighted by molar-refractivity contribution is -0.113. The number of Topliss-reactive ketones (excluding diaryl/α,β-unsaturated/α-hetero) is 1. The zero-order chi connectivity index (χ0) is 12.7. The number of hydrogen-bond acceptors (Lipinski definition) is 3. The number of phenols is 1. The van der Waals surface area contributed by atoms with Crippen LogP contribution in [0, 0.1) is 0 Å². The van der Waals surface area contributed by atoms with E-state index in [1.54, 1.807) is 24.3 Å². The fourth-order valence-corrected chi connectivity index (χ4v) is 2.06. The molecule has 1 N–H and O–H groups in total. The lowest BCUT2D eigenvalue weighted by atomic mass is 10.1. The quantitative estimate of drug-likeness (QED) is 0.776. The summed E-state index contributed by atoms with van der Waals surface area (Å²) in [7, 11) is 0. The fourth-order valence-electron chi connectivity index (χ4n) is 2.06. The number of hydrogen-bond donors (Lipinski definition) is 1. The van der Waals surface area contributed by atoms with E-state index in [0.717, 1.165) is 0 Å². The second kappa shape index (κ2) is 3.70. The molecule has 0 atom stereocenters. The highest BCUT2D eigenvalue weighted by Gasteiger charge is 2.36. The number of rotatable bonds is 1. The molecule has 4 heteroatoms. The Kier molecular flexibility index (Phi) is 2.16. The minimum Gasteiger partial charge on any atom is -0.508 e. The van der Waals surface area contributed by atoms with E-state index >= 15 is 0 Å². The molecule has 0 aliphatic carbocycles. The van der Waals surface area contributed by atoms with Crippen LogP contribution >= 0.6 is 0 Å². The molecule has 1 aliphatic heterocycles. The zero-order valence-corrected chi connectivity index (χ0v) is 9.33. The average Bonchev–Trinajstić information content (AvgIpc) is 2.63. The summed E-state index contributed by atoms with van der Waals surface area (Å²) in [6, 6.07) is 13.2. The highest BCUT2D eigenvalue weighted by atomic mass is 16.3. The van der Waals surface area contributed by atoms with Crippen molar-refractivity contribution in [1.29, 1.82) is 0 Å². The van der Waals surface area contributed by atoms with Gasteiger partial charge in [0, 0.05) is 11.8 Å². The number of carbonyl (C=O) groups excluding carboxylic acids is 2. The van der Waals surface area contributed by atoms with Crippen molar-refractivity contribution >= 4 is 23.1 Å². The zero-order valence-electron chi connectivity index (χ0n) is 9.33. The molecule has 1 aliphatic rings. The molecule has 0 bridgehead atoms. The van der Waals surface area contributed by atoms with E-state index in [-0.39, 0.29) is 5.75 Å². The molecule has 0 spiro atoms. The van der Waals surface area contributed by atoms with E-state index in [4.69, 9.17) is 0 Å². The average molecular weight is 239 g/mol. The Morgan fingerprint density at radius 3 is 2.39 bits per heavy atom. The van der Waals surface area contributed by atoms with Crippen LogP contribution in [-0.2, 0) is 4.79 Å². The van der Waals surface area contributed by atoms with E-state index in [9.17, 15) is 14.7 Å². The molecule has 0 saturated carbocycles. The Bertz CT molecular complexity index is 649. The van der Waals surface area contributed by atoms with Crippen molar-refractivity contribution in [2.45, 2.75) is 0 Å². The van der Waals surface area contributed by atoms with Gasteiger partial charge in [-0.2, -0.15) is 0 Å². The van der Waals surface area contributed by atoms with Crippen molar-refractivity contribution in [3.8, 4) is 5.75 Å². The Labute approximate surface area is 103 Å². The maximum absolute atomic E-state index is 12.0. The minimum absolute atomic E-state index is 0.0252. The summed E-state index contributed by atoms with van der Waals surface area (Å²) in [5.41, 5.74) is 1.36. The first-order valence-corrected chi connectivity index (χ1v) is 5.45. The Hall–Kier alpha value is -2.62. The number of benzene rings is 2. The summed E-state index contributed by atoms with van der Waals surface area (Å²) in [6.07, 6.45) is 0. The topological polar surface area (TPSA) is 57.6 Å². The number of phenolic OH excluding ortho intramolecular Hbond substituents is 1. The van der Waals surface area contributed by atoms with Crippen molar-refractivity contribution in [1.82, 2.24) is 0 Å². The van der Waals surface area contributed by atoms with Gasteiger partial charge in [-0.25, -0.2) is 0 Å². The van der Waals surface area contributed by atoms with Crippen molar-refractivity contribution in [3.63, 3.8) is 0 Å². The molecule has 3 rings (SSSR count). The number of nitrogens with zero attached hydrogens (tertiary/aromatic N) is 1. The molecular weight excluding hydrogens is 230 g/mol. The Morgan fingerprint density at radius 2 is 1.67 bits per heavy atom.